The summed E-state index contributed by atoms with van der Waals surface area (Å²) in [4.78, 5) is 24.5. The van der Waals surface area contributed by atoms with E-state index in [0.717, 1.165) is 0 Å². The number of halogens is 3. The predicted octanol–water partition coefficient (Wildman–Crippen LogP) is 4.80. The number of nitrogens with one attached hydrogen (secondary N) is 1. The minimum atomic E-state index is -5.27. The SMILES string of the molecule is CCOC(=O)[C@](C#CCO[Si](C)(C)C(C)(C)C)(NC(=O)OCc1ccccc1)C(F)(F)F. The zero-order valence-electron chi connectivity index (χ0n) is 19.2. The number of rotatable bonds is 7. The van der Waals surface area contributed by atoms with Crippen LogP contribution in [0.2, 0.25) is 18.1 Å². The number of benzene rings is 1. The molecule has 1 amide bonds. The Bertz CT molecular complexity index is 841. The van der Waals surface area contributed by atoms with Crippen LogP contribution in [-0.2, 0) is 25.3 Å². The van der Waals surface area contributed by atoms with E-state index in [0.29, 0.717) is 5.56 Å². The summed E-state index contributed by atoms with van der Waals surface area (Å²) in [6.45, 7) is 10.1. The van der Waals surface area contributed by atoms with Crippen molar-refractivity contribution in [3.05, 3.63) is 35.9 Å². The molecule has 10 heteroatoms. The molecule has 0 radical (unpaired) electrons. The van der Waals surface area contributed by atoms with E-state index in [1.165, 1.54) is 6.92 Å². The lowest BCUT2D eigenvalue weighted by atomic mass is 10.00. The Kier molecular flexibility index (Phi) is 9.35. The molecule has 0 spiro atoms. The number of hydrogen-bond acceptors (Lipinski definition) is 5. The van der Waals surface area contributed by atoms with Crippen LogP contribution in [0.3, 0.4) is 0 Å². The van der Waals surface area contributed by atoms with Gasteiger partial charge in [0.15, 0.2) is 8.32 Å². The van der Waals surface area contributed by atoms with E-state index in [9.17, 15) is 22.8 Å². The molecule has 0 fully saturated rings. The number of esters is 1. The molecule has 0 aliphatic rings. The average molecular weight is 474 g/mol. The van der Waals surface area contributed by atoms with Gasteiger partial charge in [-0.1, -0.05) is 62.9 Å². The van der Waals surface area contributed by atoms with Gasteiger partial charge < -0.3 is 13.9 Å². The van der Waals surface area contributed by atoms with Gasteiger partial charge in [0.25, 0.3) is 5.54 Å². The Hall–Kier alpha value is -2.51. The molecule has 0 bridgehead atoms. The number of amides is 1. The van der Waals surface area contributed by atoms with Crippen LogP contribution in [0.1, 0.15) is 33.3 Å². The summed E-state index contributed by atoms with van der Waals surface area (Å²) in [5.41, 5.74) is -3.03. The fraction of sp³-hybridized carbons (Fsp3) is 0.545. The maximum absolute atomic E-state index is 14.0. The van der Waals surface area contributed by atoms with Crippen LogP contribution in [0, 0.1) is 11.8 Å². The molecule has 0 aliphatic carbocycles. The minimum absolute atomic E-state index is 0.184. The second-order valence-corrected chi connectivity index (χ2v) is 13.3. The second-order valence-electron chi connectivity index (χ2n) is 8.51. The minimum Gasteiger partial charge on any atom is -0.463 e. The van der Waals surface area contributed by atoms with Crippen molar-refractivity contribution in [3.8, 4) is 11.8 Å². The van der Waals surface area contributed by atoms with Gasteiger partial charge in [-0.15, -0.1) is 0 Å². The molecule has 178 valence electrons. The van der Waals surface area contributed by atoms with Crippen LogP contribution in [-0.4, -0.2) is 45.3 Å². The Morgan fingerprint density at radius 2 is 1.66 bits per heavy atom. The van der Waals surface area contributed by atoms with E-state index in [2.05, 4.69) is 10.7 Å². The van der Waals surface area contributed by atoms with Gasteiger partial charge in [0.1, 0.15) is 6.61 Å². The average Bonchev–Trinajstić information content (AvgIpc) is 2.67. The second kappa shape index (κ2) is 10.9. The van der Waals surface area contributed by atoms with Crippen molar-refractivity contribution in [2.24, 2.45) is 0 Å². The van der Waals surface area contributed by atoms with Crippen molar-refractivity contribution in [1.29, 1.82) is 0 Å². The number of carbonyl (C=O) groups excluding carboxylic acids is 2. The van der Waals surface area contributed by atoms with Crippen LogP contribution >= 0.6 is 0 Å². The predicted molar refractivity (Wildman–Crippen MR) is 116 cm³/mol. The first-order valence-electron chi connectivity index (χ1n) is 10.0. The zero-order valence-corrected chi connectivity index (χ0v) is 20.2. The highest BCUT2D eigenvalue weighted by Crippen LogP contribution is 2.36. The van der Waals surface area contributed by atoms with Crippen molar-refractivity contribution >= 4 is 20.4 Å². The van der Waals surface area contributed by atoms with Crippen LogP contribution in [0.4, 0.5) is 18.0 Å². The molecular weight excluding hydrogens is 443 g/mol. The zero-order chi connectivity index (χ0) is 24.6. The first-order valence-corrected chi connectivity index (χ1v) is 12.9. The van der Waals surface area contributed by atoms with E-state index < -0.39 is 32.1 Å². The van der Waals surface area contributed by atoms with Gasteiger partial charge in [-0.2, -0.15) is 13.2 Å². The lowest BCUT2D eigenvalue weighted by Gasteiger charge is -2.35. The molecule has 0 saturated carbocycles. The highest BCUT2D eigenvalue weighted by molar-refractivity contribution is 6.74. The Labute approximate surface area is 187 Å². The van der Waals surface area contributed by atoms with Gasteiger partial charge in [-0.3, -0.25) is 5.32 Å². The number of alkyl halides is 3. The van der Waals surface area contributed by atoms with Gasteiger partial charge in [0, 0.05) is 0 Å². The molecule has 1 N–H and O–H groups in total. The maximum atomic E-state index is 14.0. The molecule has 1 rings (SSSR count). The fourth-order valence-corrected chi connectivity index (χ4v) is 3.01. The molecule has 0 heterocycles. The number of ether oxygens (including phenoxy) is 2. The molecule has 6 nitrogen and oxygen atoms in total. The highest BCUT2D eigenvalue weighted by atomic mass is 28.4. The molecule has 0 aliphatic heterocycles. The molecule has 1 aromatic rings. The van der Waals surface area contributed by atoms with Gasteiger partial charge >= 0.3 is 18.2 Å². The molecule has 0 saturated heterocycles. The van der Waals surface area contributed by atoms with E-state index in [4.69, 9.17) is 9.16 Å². The molecule has 32 heavy (non-hydrogen) atoms. The van der Waals surface area contributed by atoms with Crippen LogP contribution in [0.25, 0.3) is 0 Å². The summed E-state index contributed by atoms with van der Waals surface area (Å²) >= 11 is 0. The van der Waals surface area contributed by atoms with Crippen molar-refractivity contribution in [3.63, 3.8) is 0 Å². The van der Waals surface area contributed by atoms with Crippen LogP contribution in [0.5, 0.6) is 0 Å². The quantitative estimate of drug-likeness (QED) is 0.350. The smallest absolute Gasteiger partial charge is 0.434 e. The topological polar surface area (TPSA) is 73.9 Å². The number of alkyl carbamates (subject to hydrolysis) is 1. The molecule has 0 aromatic heterocycles. The first kappa shape index (κ1) is 27.5. The van der Waals surface area contributed by atoms with E-state index in [1.54, 1.807) is 35.6 Å². The van der Waals surface area contributed by atoms with E-state index in [-0.39, 0.29) is 24.9 Å². The normalized spacial score (nSPS) is 13.9. The van der Waals surface area contributed by atoms with E-state index >= 15 is 0 Å². The standard InChI is InChI=1S/C22H30F3NO5Si/c1-7-29-18(27)21(22(23,24)25,14-11-15-31-32(5,6)20(2,3)4)26-19(28)30-16-17-12-9-8-10-13-17/h8-10,12-13H,7,15-16H2,1-6H3,(H,26,28)/t21-/m0/s1. The summed E-state index contributed by atoms with van der Waals surface area (Å²) in [5, 5.41) is 1.39. The first-order chi connectivity index (χ1) is 14.7. The van der Waals surface area contributed by atoms with Gasteiger partial charge in [-0.25, -0.2) is 9.59 Å². The highest BCUT2D eigenvalue weighted by Gasteiger charge is 2.63. The summed E-state index contributed by atoms with van der Waals surface area (Å²) in [7, 11) is -2.28. The Morgan fingerprint density at radius 1 is 1.06 bits per heavy atom. The third-order valence-electron chi connectivity index (χ3n) is 5.10. The molecule has 1 atom stereocenters. The summed E-state index contributed by atoms with van der Waals surface area (Å²) in [6.07, 6.45) is -6.73. The largest absolute Gasteiger partial charge is 0.463 e. The lowest BCUT2D eigenvalue weighted by molar-refractivity contribution is -0.198. The van der Waals surface area contributed by atoms with Crippen molar-refractivity contribution in [2.75, 3.05) is 13.2 Å². The van der Waals surface area contributed by atoms with Crippen molar-refractivity contribution in [2.45, 2.75) is 64.1 Å². The lowest BCUT2D eigenvalue weighted by Crippen LogP contribution is -2.64. The monoisotopic (exact) mass is 473 g/mol. The molecular formula is C22H30F3NO5Si. The third kappa shape index (κ3) is 7.27. The van der Waals surface area contributed by atoms with Crippen LogP contribution < -0.4 is 5.32 Å². The number of hydrogen-bond donors (Lipinski definition) is 1. The van der Waals surface area contributed by atoms with Gasteiger partial charge in [0.2, 0.25) is 0 Å². The van der Waals surface area contributed by atoms with Gasteiger partial charge in [0.05, 0.1) is 13.2 Å². The third-order valence-corrected chi connectivity index (χ3v) is 9.57. The summed E-state index contributed by atoms with van der Waals surface area (Å²) in [5.74, 6) is 2.35. The Balaban J connectivity index is 3.13. The maximum Gasteiger partial charge on any atom is 0.434 e. The molecule has 0 unspecified atom stereocenters. The van der Waals surface area contributed by atoms with Crippen molar-refractivity contribution in [1.82, 2.24) is 5.32 Å². The number of carbonyl (C=O) groups is 2. The fourth-order valence-electron chi connectivity index (χ4n) is 2.14. The van der Waals surface area contributed by atoms with Crippen LogP contribution in [0.15, 0.2) is 30.3 Å². The van der Waals surface area contributed by atoms with E-state index in [1.807, 2.05) is 39.8 Å². The Morgan fingerprint density at radius 3 is 2.16 bits per heavy atom. The molecule has 1 aromatic carbocycles. The summed E-state index contributed by atoms with van der Waals surface area (Å²) < 4.78 is 57.3. The summed E-state index contributed by atoms with van der Waals surface area (Å²) in [6, 6.07) is 8.37. The van der Waals surface area contributed by atoms with Gasteiger partial charge in [-0.05, 0) is 30.6 Å². The van der Waals surface area contributed by atoms with Crippen molar-refractivity contribution < 1.29 is 36.7 Å².